The number of aromatic nitrogens is 3. The van der Waals surface area contributed by atoms with Gasteiger partial charge in [0.05, 0.1) is 16.9 Å². The highest BCUT2D eigenvalue weighted by Gasteiger charge is 2.34. The Balaban J connectivity index is 2.02. The Kier molecular flexibility index (Phi) is 3.79. The van der Waals surface area contributed by atoms with E-state index in [9.17, 15) is 14.7 Å². The standard InChI is InChI=1S/C16H20N4O3/c1-8-6-12(13-10(3)18-19-14(13)17-8)15(21)20-7-11(16(22)23)5-4-9(20)2/h6,9,11H,4-5,7H2,1-3H3,(H,22,23)(H,17,18,19). The molecule has 1 fully saturated rings. The van der Waals surface area contributed by atoms with Gasteiger partial charge in [0.25, 0.3) is 5.91 Å². The zero-order chi connectivity index (χ0) is 16.7. The number of likely N-dealkylation sites (tertiary alicyclic amines) is 1. The number of hydrogen-bond acceptors (Lipinski definition) is 4. The number of rotatable bonds is 2. The van der Waals surface area contributed by atoms with Crippen molar-refractivity contribution in [2.75, 3.05) is 6.54 Å². The zero-order valence-corrected chi connectivity index (χ0v) is 13.5. The lowest BCUT2D eigenvalue weighted by molar-refractivity contribution is -0.143. The number of fused-ring (bicyclic) bond motifs is 1. The number of aryl methyl sites for hydroxylation is 2. The third kappa shape index (κ3) is 2.67. The molecule has 3 heterocycles. The lowest BCUT2D eigenvalue weighted by atomic mass is 9.92. The number of nitrogens with zero attached hydrogens (tertiary/aromatic N) is 3. The van der Waals surface area contributed by atoms with Crippen molar-refractivity contribution >= 4 is 22.9 Å². The molecule has 2 aromatic rings. The molecule has 0 spiro atoms. The maximum atomic E-state index is 13.1. The summed E-state index contributed by atoms with van der Waals surface area (Å²) >= 11 is 0. The number of H-pyrrole nitrogens is 1. The van der Waals surface area contributed by atoms with E-state index < -0.39 is 11.9 Å². The average Bonchev–Trinajstić information content (AvgIpc) is 2.87. The quantitative estimate of drug-likeness (QED) is 0.881. The van der Waals surface area contributed by atoms with Crippen molar-refractivity contribution in [1.29, 1.82) is 0 Å². The Morgan fingerprint density at radius 3 is 2.78 bits per heavy atom. The van der Waals surface area contributed by atoms with Gasteiger partial charge in [0.1, 0.15) is 0 Å². The minimum Gasteiger partial charge on any atom is -0.481 e. The van der Waals surface area contributed by atoms with Crippen LogP contribution >= 0.6 is 0 Å². The molecule has 2 N–H and O–H groups in total. The summed E-state index contributed by atoms with van der Waals surface area (Å²) in [5, 5.41) is 17.0. The molecule has 0 radical (unpaired) electrons. The van der Waals surface area contributed by atoms with Gasteiger partial charge in [-0.1, -0.05) is 0 Å². The number of carbonyl (C=O) groups excluding carboxylic acids is 1. The summed E-state index contributed by atoms with van der Waals surface area (Å²) in [6.07, 6.45) is 1.30. The zero-order valence-electron chi connectivity index (χ0n) is 13.5. The first-order valence-electron chi connectivity index (χ1n) is 7.74. The normalized spacial score (nSPS) is 21.6. The number of carbonyl (C=O) groups is 2. The molecule has 7 nitrogen and oxygen atoms in total. The van der Waals surface area contributed by atoms with Crippen LogP contribution in [0.25, 0.3) is 11.0 Å². The molecule has 3 rings (SSSR count). The molecule has 2 aromatic heterocycles. The fourth-order valence-electron chi connectivity index (χ4n) is 3.21. The van der Waals surface area contributed by atoms with Crippen LogP contribution in [-0.2, 0) is 4.79 Å². The summed E-state index contributed by atoms with van der Waals surface area (Å²) in [7, 11) is 0. The van der Waals surface area contributed by atoms with Crippen LogP contribution in [0.4, 0.5) is 0 Å². The highest BCUT2D eigenvalue weighted by Crippen LogP contribution is 2.27. The minimum atomic E-state index is -0.842. The number of aromatic amines is 1. The van der Waals surface area contributed by atoms with Gasteiger partial charge in [0.2, 0.25) is 0 Å². The topological polar surface area (TPSA) is 99.2 Å². The van der Waals surface area contributed by atoms with E-state index in [1.165, 1.54) is 0 Å². The maximum Gasteiger partial charge on any atom is 0.308 e. The van der Waals surface area contributed by atoms with Crippen LogP contribution in [0.3, 0.4) is 0 Å². The Labute approximate surface area is 133 Å². The van der Waals surface area contributed by atoms with Crippen LogP contribution in [0.2, 0.25) is 0 Å². The smallest absolute Gasteiger partial charge is 0.308 e. The van der Waals surface area contributed by atoms with E-state index in [1.54, 1.807) is 11.0 Å². The van der Waals surface area contributed by atoms with Crippen LogP contribution in [0.5, 0.6) is 0 Å². The molecule has 2 unspecified atom stereocenters. The van der Waals surface area contributed by atoms with Crippen LogP contribution in [0.15, 0.2) is 6.07 Å². The molecule has 2 atom stereocenters. The van der Waals surface area contributed by atoms with E-state index in [-0.39, 0.29) is 18.5 Å². The molecule has 1 saturated heterocycles. The number of amides is 1. The lowest BCUT2D eigenvalue weighted by Crippen LogP contribution is -2.47. The highest BCUT2D eigenvalue weighted by atomic mass is 16.4. The Morgan fingerprint density at radius 2 is 2.09 bits per heavy atom. The number of carboxylic acid groups (broad SMARTS) is 1. The van der Waals surface area contributed by atoms with E-state index in [0.29, 0.717) is 35.1 Å². The largest absolute Gasteiger partial charge is 0.481 e. The molecule has 23 heavy (non-hydrogen) atoms. The fraction of sp³-hybridized carbons (Fsp3) is 0.500. The van der Waals surface area contributed by atoms with Gasteiger partial charge in [-0.25, -0.2) is 4.98 Å². The molecule has 0 bridgehead atoms. The first-order chi connectivity index (χ1) is 10.9. The van der Waals surface area contributed by atoms with E-state index in [0.717, 1.165) is 5.69 Å². The molecular formula is C16H20N4O3. The molecule has 1 aliphatic heterocycles. The average molecular weight is 316 g/mol. The number of aliphatic carboxylic acids is 1. The summed E-state index contributed by atoms with van der Waals surface area (Å²) in [4.78, 5) is 30.3. The third-order valence-electron chi connectivity index (χ3n) is 4.56. The summed E-state index contributed by atoms with van der Waals surface area (Å²) in [6, 6.07) is 1.78. The summed E-state index contributed by atoms with van der Waals surface area (Å²) in [5.41, 5.74) is 2.56. The van der Waals surface area contributed by atoms with Crippen molar-refractivity contribution in [2.45, 2.75) is 39.7 Å². The highest BCUT2D eigenvalue weighted by molar-refractivity contribution is 6.06. The SMILES string of the molecule is Cc1cc(C(=O)N2CC(C(=O)O)CCC2C)c2c(C)[nH]nc2n1. The Morgan fingerprint density at radius 1 is 1.35 bits per heavy atom. The number of piperidine rings is 1. The minimum absolute atomic E-state index is 0.0221. The fourth-order valence-corrected chi connectivity index (χ4v) is 3.21. The molecule has 0 saturated carbocycles. The van der Waals surface area contributed by atoms with Crippen molar-refractivity contribution in [3.05, 3.63) is 23.0 Å². The van der Waals surface area contributed by atoms with E-state index >= 15 is 0 Å². The number of nitrogens with one attached hydrogen (secondary N) is 1. The van der Waals surface area contributed by atoms with Gasteiger partial charge in [0.15, 0.2) is 5.65 Å². The summed E-state index contributed by atoms with van der Waals surface area (Å²) < 4.78 is 0. The van der Waals surface area contributed by atoms with E-state index in [1.807, 2.05) is 20.8 Å². The number of carboxylic acids is 1. The summed E-state index contributed by atoms with van der Waals surface area (Å²) in [5.74, 6) is -1.49. The molecule has 7 heteroatoms. The van der Waals surface area contributed by atoms with Crippen molar-refractivity contribution in [3.63, 3.8) is 0 Å². The van der Waals surface area contributed by atoms with Crippen LogP contribution in [0, 0.1) is 19.8 Å². The second kappa shape index (κ2) is 5.64. The van der Waals surface area contributed by atoms with Gasteiger partial charge in [-0.15, -0.1) is 0 Å². The maximum absolute atomic E-state index is 13.1. The second-order valence-electron chi connectivity index (χ2n) is 6.28. The van der Waals surface area contributed by atoms with E-state index in [4.69, 9.17) is 0 Å². The first kappa shape index (κ1) is 15.5. The monoisotopic (exact) mass is 316 g/mol. The molecular weight excluding hydrogens is 296 g/mol. The van der Waals surface area contributed by atoms with Crippen LogP contribution in [0.1, 0.15) is 41.5 Å². The molecule has 122 valence electrons. The van der Waals surface area contributed by atoms with Crippen molar-refractivity contribution < 1.29 is 14.7 Å². The second-order valence-corrected chi connectivity index (χ2v) is 6.28. The lowest BCUT2D eigenvalue weighted by Gasteiger charge is -2.36. The Bertz CT molecular complexity index is 783. The van der Waals surface area contributed by atoms with E-state index in [2.05, 4.69) is 15.2 Å². The molecule has 1 amide bonds. The van der Waals surface area contributed by atoms with Crippen molar-refractivity contribution in [2.24, 2.45) is 5.92 Å². The third-order valence-corrected chi connectivity index (χ3v) is 4.56. The Hall–Kier alpha value is -2.44. The number of pyridine rings is 1. The van der Waals surface area contributed by atoms with Gasteiger partial charge < -0.3 is 10.0 Å². The van der Waals surface area contributed by atoms with Crippen molar-refractivity contribution in [1.82, 2.24) is 20.1 Å². The summed E-state index contributed by atoms with van der Waals surface area (Å²) in [6.45, 7) is 5.88. The van der Waals surface area contributed by atoms with Gasteiger partial charge in [-0.05, 0) is 39.7 Å². The van der Waals surface area contributed by atoms with Crippen molar-refractivity contribution in [3.8, 4) is 0 Å². The van der Waals surface area contributed by atoms with Gasteiger partial charge in [0, 0.05) is 24.0 Å². The van der Waals surface area contributed by atoms with Crippen LogP contribution in [-0.4, -0.2) is 49.7 Å². The molecule has 0 aliphatic carbocycles. The van der Waals surface area contributed by atoms with Gasteiger partial charge >= 0.3 is 5.97 Å². The predicted octanol–water partition coefficient (Wildman–Crippen LogP) is 1.90. The molecule has 0 aromatic carbocycles. The van der Waals surface area contributed by atoms with Gasteiger partial charge in [-0.3, -0.25) is 14.7 Å². The predicted molar refractivity (Wildman–Crippen MR) is 84.2 cm³/mol. The number of hydrogen-bond donors (Lipinski definition) is 2. The first-order valence-corrected chi connectivity index (χ1v) is 7.74. The molecule has 1 aliphatic rings. The van der Waals surface area contributed by atoms with Crippen LogP contribution < -0.4 is 0 Å². The van der Waals surface area contributed by atoms with Gasteiger partial charge in [-0.2, -0.15) is 5.10 Å².